The van der Waals surface area contributed by atoms with E-state index >= 15 is 0 Å². The number of aromatic nitrogens is 2. The zero-order valence-electron chi connectivity index (χ0n) is 11.5. The quantitative estimate of drug-likeness (QED) is 0.835. The fourth-order valence-electron chi connectivity index (χ4n) is 1.77. The highest BCUT2D eigenvalue weighted by molar-refractivity contribution is 5.30. The van der Waals surface area contributed by atoms with E-state index in [1.54, 1.807) is 0 Å². The summed E-state index contributed by atoms with van der Waals surface area (Å²) in [7, 11) is 0. The van der Waals surface area contributed by atoms with E-state index in [-0.39, 0.29) is 0 Å². The molecule has 2 aromatic rings. The lowest BCUT2D eigenvalue weighted by Crippen LogP contribution is -2.36. The van der Waals surface area contributed by atoms with Crippen molar-refractivity contribution in [2.75, 3.05) is 6.54 Å². The van der Waals surface area contributed by atoms with E-state index in [1.807, 2.05) is 61.1 Å². The van der Waals surface area contributed by atoms with Gasteiger partial charge in [0, 0.05) is 19.3 Å². The van der Waals surface area contributed by atoms with Crippen LogP contribution in [0.5, 0.6) is 0 Å². The molecule has 2 N–H and O–H groups in total. The minimum atomic E-state index is -0.651. The maximum Gasteiger partial charge on any atom is 0.0766 e. The van der Waals surface area contributed by atoms with Gasteiger partial charge in [-0.25, -0.2) is 4.68 Å². The molecule has 0 aliphatic rings. The minimum absolute atomic E-state index is 0.571. The number of benzene rings is 1. The number of nitrogens with zero attached hydrogens (tertiary/aromatic N) is 2. The molecule has 1 aromatic heterocycles. The van der Waals surface area contributed by atoms with Crippen molar-refractivity contribution in [1.82, 2.24) is 15.1 Å². The number of aliphatic hydroxyl groups is 1. The first-order chi connectivity index (χ1) is 9.11. The standard InChI is InChI=1S/C15H21N3O/c1-3-15(2,19)12-16-11-13-9-10-18(17-13)14-7-5-4-6-8-14/h4-10,16,19H,3,11-12H2,1-2H3. The Kier molecular flexibility index (Phi) is 4.35. The molecule has 0 radical (unpaired) electrons. The van der Waals surface area contributed by atoms with Gasteiger partial charge in [0.2, 0.25) is 0 Å². The SMILES string of the molecule is CCC(C)(O)CNCc1ccn(-c2ccccc2)n1. The zero-order chi connectivity index (χ0) is 13.7. The molecule has 0 saturated carbocycles. The fraction of sp³-hybridized carbons (Fsp3) is 0.400. The van der Waals surface area contributed by atoms with Gasteiger partial charge < -0.3 is 10.4 Å². The van der Waals surface area contributed by atoms with Crippen molar-refractivity contribution in [3.8, 4) is 5.69 Å². The largest absolute Gasteiger partial charge is 0.389 e. The van der Waals surface area contributed by atoms with Crippen molar-refractivity contribution in [3.63, 3.8) is 0 Å². The van der Waals surface area contributed by atoms with Crippen LogP contribution in [-0.2, 0) is 6.54 Å². The first kappa shape index (κ1) is 13.8. The molecular formula is C15H21N3O. The van der Waals surface area contributed by atoms with E-state index < -0.39 is 5.60 Å². The van der Waals surface area contributed by atoms with Crippen LogP contribution < -0.4 is 5.32 Å². The molecule has 0 amide bonds. The van der Waals surface area contributed by atoms with Gasteiger partial charge in [-0.3, -0.25) is 0 Å². The number of rotatable bonds is 6. The second kappa shape index (κ2) is 5.99. The van der Waals surface area contributed by atoms with Crippen LogP contribution in [0.25, 0.3) is 5.69 Å². The lowest BCUT2D eigenvalue weighted by atomic mass is 10.0. The summed E-state index contributed by atoms with van der Waals surface area (Å²) in [5, 5.41) is 17.6. The molecule has 102 valence electrons. The zero-order valence-corrected chi connectivity index (χ0v) is 11.5. The Labute approximate surface area is 114 Å². The summed E-state index contributed by atoms with van der Waals surface area (Å²) in [6.45, 7) is 5.05. The van der Waals surface area contributed by atoms with Crippen LogP contribution in [0.15, 0.2) is 42.6 Å². The molecule has 0 saturated heterocycles. The molecule has 19 heavy (non-hydrogen) atoms. The van der Waals surface area contributed by atoms with Crippen molar-refractivity contribution in [2.45, 2.75) is 32.4 Å². The predicted molar refractivity (Wildman–Crippen MR) is 76.2 cm³/mol. The molecule has 1 heterocycles. The number of hydrogen-bond acceptors (Lipinski definition) is 3. The van der Waals surface area contributed by atoms with Crippen LogP contribution >= 0.6 is 0 Å². The molecule has 0 aliphatic carbocycles. The molecule has 1 atom stereocenters. The van der Waals surface area contributed by atoms with Crippen LogP contribution in [0, 0.1) is 0 Å². The van der Waals surface area contributed by atoms with Crippen molar-refractivity contribution in [1.29, 1.82) is 0 Å². The molecule has 0 aliphatic heterocycles. The lowest BCUT2D eigenvalue weighted by molar-refractivity contribution is 0.0555. The van der Waals surface area contributed by atoms with Crippen molar-refractivity contribution < 1.29 is 5.11 Å². The van der Waals surface area contributed by atoms with Crippen LogP contribution in [0.1, 0.15) is 26.0 Å². The molecule has 4 heteroatoms. The molecule has 0 bridgehead atoms. The van der Waals surface area contributed by atoms with E-state index in [1.165, 1.54) is 0 Å². The summed E-state index contributed by atoms with van der Waals surface area (Å²) in [4.78, 5) is 0. The monoisotopic (exact) mass is 259 g/mol. The Hall–Kier alpha value is -1.65. The smallest absolute Gasteiger partial charge is 0.0766 e. The Bertz CT molecular complexity index is 505. The minimum Gasteiger partial charge on any atom is -0.389 e. The van der Waals surface area contributed by atoms with Crippen molar-refractivity contribution >= 4 is 0 Å². The maximum absolute atomic E-state index is 9.90. The third kappa shape index (κ3) is 3.91. The van der Waals surface area contributed by atoms with Gasteiger partial charge in [0.05, 0.1) is 17.0 Å². The topological polar surface area (TPSA) is 50.1 Å². The second-order valence-corrected chi connectivity index (χ2v) is 5.04. The van der Waals surface area contributed by atoms with E-state index in [2.05, 4.69) is 10.4 Å². The van der Waals surface area contributed by atoms with Crippen molar-refractivity contribution in [2.24, 2.45) is 0 Å². The molecule has 0 spiro atoms. The average molecular weight is 259 g/mol. The summed E-state index contributed by atoms with van der Waals surface area (Å²) in [6.07, 6.45) is 2.68. The van der Waals surface area contributed by atoms with Gasteiger partial charge in [-0.05, 0) is 31.5 Å². The van der Waals surface area contributed by atoms with Gasteiger partial charge in [0.25, 0.3) is 0 Å². The first-order valence-corrected chi connectivity index (χ1v) is 6.64. The summed E-state index contributed by atoms with van der Waals surface area (Å²) < 4.78 is 1.86. The summed E-state index contributed by atoms with van der Waals surface area (Å²) in [6, 6.07) is 12.0. The van der Waals surface area contributed by atoms with E-state index in [0.717, 1.165) is 17.8 Å². The summed E-state index contributed by atoms with van der Waals surface area (Å²) in [5.41, 5.74) is 1.37. The Morgan fingerprint density at radius 2 is 2.00 bits per heavy atom. The van der Waals surface area contributed by atoms with Crippen LogP contribution in [-0.4, -0.2) is 27.0 Å². The normalized spacial score (nSPS) is 14.3. The van der Waals surface area contributed by atoms with Crippen LogP contribution in [0.2, 0.25) is 0 Å². The summed E-state index contributed by atoms with van der Waals surface area (Å²) >= 11 is 0. The fourth-order valence-corrected chi connectivity index (χ4v) is 1.77. The Morgan fingerprint density at radius 3 is 2.68 bits per heavy atom. The third-order valence-electron chi connectivity index (χ3n) is 3.24. The number of para-hydroxylation sites is 1. The molecule has 0 fully saturated rings. The number of hydrogen-bond donors (Lipinski definition) is 2. The average Bonchev–Trinajstić information content (AvgIpc) is 2.88. The highest BCUT2D eigenvalue weighted by atomic mass is 16.3. The lowest BCUT2D eigenvalue weighted by Gasteiger charge is -2.21. The van der Waals surface area contributed by atoms with Crippen LogP contribution in [0.4, 0.5) is 0 Å². The van der Waals surface area contributed by atoms with Gasteiger partial charge in [-0.15, -0.1) is 0 Å². The predicted octanol–water partition coefficient (Wildman–Crippen LogP) is 2.12. The van der Waals surface area contributed by atoms with E-state index in [0.29, 0.717) is 13.1 Å². The molecular weight excluding hydrogens is 238 g/mol. The van der Waals surface area contributed by atoms with Crippen LogP contribution in [0.3, 0.4) is 0 Å². The Balaban J connectivity index is 1.92. The Morgan fingerprint density at radius 1 is 1.26 bits per heavy atom. The van der Waals surface area contributed by atoms with Gasteiger partial charge in [0.15, 0.2) is 0 Å². The van der Waals surface area contributed by atoms with Gasteiger partial charge in [-0.1, -0.05) is 25.1 Å². The molecule has 4 nitrogen and oxygen atoms in total. The molecule has 1 unspecified atom stereocenters. The molecule has 2 rings (SSSR count). The van der Waals surface area contributed by atoms with E-state index in [4.69, 9.17) is 0 Å². The highest BCUT2D eigenvalue weighted by Gasteiger charge is 2.16. The van der Waals surface area contributed by atoms with E-state index in [9.17, 15) is 5.11 Å². The number of nitrogens with one attached hydrogen (secondary N) is 1. The summed E-state index contributed by atoms with van der Waals surface area (Å²) in [5.74, 6) is 0. The van der Waals surface area contributed by atoms with Gasteiger partial charge in [0.1, 0.15) is 0 Å². The highest BCUT2D eigenvalue weighted by Crippen LogP contribution is 2.08. The molecule has 1 aromatic carbocycles. The van der Waals surface area contributed by atoms with Gasteiger partial charge >= 0.3 is 0 Å². The second-order valence-electron chi connectivity index (χ2n) is 5.04. The van der Waals surface area contributed by atoms with Gasteiger partial charge in [-0.2, -0.15) is 5.10 Å². The first-order valence-electron chi connectivity index (χ1n) is 6.64. The van der Waals surface area contributed by atoms with Crippen molar-refractivity contribution in [3.05, 3.63) is 48.3 Å². The third-order valence-corrected chi connectivity index (χ3v) is 3.24. The maximum atomic E-state index is 9.90.